The Labute approximate surface area is 99.5 Å². The van der Waals surface area contributed by atoms with Gasteiger partial charge in [0.15, 0.2) is 0 Å². The van der Waals surface area contributed by atoms with Crippen molar-refractivity contribution >= 4 is 11.0 Å². The Balaban J connectivity index is 0.00000108. The van der Waals surface area contributed by atoms with Gasteiger partial charge >= 0.3 is 11.3 Å². The molecule has 1 aromatic heterocycles. The summed E-state index contributed by atoms with van der Waals surface area (Å²) in [4.78, 5) is 0. The van der Waals surface area contributed by atoms with Crippen LogP contribution in [0.5, 0.6) is 0 Å². The standard InChI is InChI=1S/C15H11O.H2O/c1-2-6-12(7-3-1)15-11-10-13-8-4-5-9-14(13)16-15;/h1-11H;1H2/q+1;. The predicted molar refractivity (Wildman–Crippen MR) is 69.7 cm³/mol. The maximum absolute atomic E-state index is 5.85. The molecule has 2 nitrogen and oxygen atoms in total. The number of rotatable bonds is 1. The summed E-state index contributed by atoms with van der Waals surface area (Å²) in [5, 5.41) is 1.13. The van der Waals surface area contributed by atoms with E-state index >= 15 is 0 Å². The Morgan fingerprint density at radius 1 is 0.647 bits per heavy atom. The molecule has 0 radical (unpaired) electrons. The van der Waals surface area contributed by atoms with Gasteiger partial charge in [0.2, 0.25) is 0 Å². The molecule has 17 heavy (non-hydrogen) atoms. The lowest BCUT2D eigenvalue weighted by Crippen LogP contribution is -1.77. The fraction of sp³-hybridized carbons (Fsp3) is 0. The fourth-order valence-electron chi connectivity index (χ4n) is 1.79. The monoisotopic (exact) mass is 225 g/mol. The zero-order chi connectivity index (χ0) is 10.8. The minimum atomic E-state index is 0. The van der Waals surface area contributed by atoms with E-state index in [2.05, 4.69) is 6.07 Å². The Hall–Kier alpha value is -2.19. The van der Waals surface area contributed by atoms with E-state index in [1.807, 2.05) is 60.7 Å². The van der Waals surface area contributed by atoms with E-state index in [-0.39, 0.29) is 5.48 Å². The van der Waals surface area contributed by atoms with Crippen LogP contribution in [0.2, 0.25) is 0 Å². The van der Waals surface area contributed by atoms with Crippen LogP contribution in [0.4, 0.5) is 0 Å². The van der Waals surface area contributed by atoms with Gasteiger partial charge in [-0.1, -0.05) is 30.3 Å². The average molecular weight is 225 g/mol. The second-order valence-electron chi connectivity index (χ2n) is 3.70. The van der Waals surface area contributed by atoms with E-state index in [4.69, 9.17) is 4.42 Å². The van der Waals surface area contributed by atoms with E-state index < -0.39 is 0 Å². The molecule has 0 saturated heterocycles. The first-order valence-corrected chi connectivity index (χ1v) is 5.31. The van der Waals surface area contributed by atoms with Gasteiger partial charge in [-0.05, 0) is 24.3 Å². The normalized spacial score (nSPS) is 9.88. The molecule has 2 heteroatoms. The van der Waals surface area contributed by atoms with Crippen molar-refractivity contribution in [2.24, 2.45) is 0 Å². The first-order valence-electron chi connectivity index (χ1n) is 5.31. The van der Waals surface area contributed by atoms with E-state index in [0.29, 0.717) is 0 Å². The molecule has 0 bridgehead atoms. The molecule has 3 rings (SSSR count). The van der Waals surface area contributed by atoms with Crippen molar-refractivity contribution in [2.75, 3.05) is 0 Å². The van der Waals surface area contributed by atoms with Crippen LogP contribution in [0.15, 0.2) is 71.1 Å². The lowest BCUT2D eigenvalue weighted by Gasteiger charge is -1.91. The predicted octanol–water partition coefficient (Wildman–Crippen LogP) is 3.56. The van der Waals surface area contributed by atoms with Gasteiger partial charge in [0.25, 0.3) is 0 Å². The van der Waals surface area contributed by atoms with Crippen molar-refractivity contribution in [1.29, 1.82) is 0 Å². The van der Waals surface area contributed by atoms with Crippen molar-refractivity contribution in [3.05, 3.63) is 66.7 Å². The first kappa shape index (κ1) is 11.3. The van der Waals surface area contributed by atoms with Gasteiger partial charge in [0.05, 0.1) is 10.9 Å². The molecule has 1 heterocycles. The van der Waals surface area contributed by atoms with E-state index in [1.54, 1.807) is 0 Å². The maximum atomic E-state index is 5.85. The van der Waals surface area contributed by atoms with E-state index in [1.165, 1.54) is 0 Å². The van der Waals surface area contributed by atoms with E-state index in [9.17, 15) is 0 Å². The quantitative estimate of drug-likeness (QED) is 0.584. The summed E-state index contributed by atoms with van der Waals surface area (Å²) in [6, 6.07) is 22.3. The van der Waals surface area contributed by atoms with Crippen molar-refractivity contribution in [3.63, 3.8) is 0 Å². The summed E-state index contributed by atoms with van der Waals surface area (Å²) in [5.41, 5.74) is 2.03. The van der Waals surface area contributed by atoms with Crippen LogP contribution in [0.25, 0.3) is 22.3 Å². The van der Waals surface area contributed by atoms with Crippen LogP contribution < -0.4 is 0 Å². The molecule has 3 aromatic rings. The van der Waals surface area contributed by atoms with Gasteiger partial charge in [0.1, 0.15) is 0 Å². The molecule has 0 aliphatic rings. The molecule has 2 N–H and O–H groups in total. The Morgan fingerprint density at radius 2 is 1.35 bits per heavy atom. The van der Waals surface area contributed by atoms with Crippen molar-refractivity contribution in [1.82, 2.24) is 0 Å². The number of benzene rings is 2. The van der Waals surface area contributed by atoms with Crippen LogP contribution >= 0.6 is 0 Å². The van der Waals surface area contributed by atoms with Gasteiger partial charge in [-0.3, -0.25) is 0 Å². The van der Waals surface area contributed by atoms with Crippen LogP contribution in [0, 0.1) is 0 Å². The van der Waals surface area contributed by atoms with E-state index in [0.717, 1.165) is 22.3 Å². The zero-order valence-electron chi connectivity index (χ0n) is 9.26. The van der Waals surface area contributed by atoms with Crippen molar-refractivity contribution in [3.8, 4) is 11.3 Å². The second kappa shape index (κ2) is 4.76. The zero-order valence-corrected chi connectivity index (χ0v) is 9.26. The highest BCUT2D eigenvalue weighted by Crippen LogP contribution is 2.23. The van der Waals surface area contributed by atoms with Gasteiger partial charge in [-0.2, -0.15) is 0 Å². The van der Waals surface area contributed by atoms with Gasteiger partial charge < -0.3 is 5.48 Å². The largest absolute Gasteiger partial charge is 0.412 e. The molecule has 2 aromatic carbocycles. The topological polar surface area (TPSA) is 42.8 Å². The molecular formula is C15H13O2+. The van der Waals surface area contributed by atoms with Crippen molar-refractivity contribution < 1.29 is 9.89 Å². The molecule has 0 atom stereocenters. The molecule has 84 valence electrons. The third-order valence-corrected chi connectivity index (χ3v) is 2.61. The number of fused-ring (bicyclic) bond motifs is 1. The lowest BCUT2D eigenvalue weighted by molar-refractivity contribution is 0.620. The van der Waals surface area contributed by atoms with Crippen LogP contribution in [0.1, 0.15) is 0 Å². The Kier molecular flexibility index (Phi) is 3.17. The summed E-state index contributed by atoms with van der Waals surface area (Å²) in [5.74, 6) is 0.902. The van der Waals surface area contributed by atoms with Crippen LogP contribution in [-0.2, 0) is 0 Å². The minimum absolute atomic E-state index is 0. The van der Waals surface area contributed by atoms with Crippen LogP contribution in [0.3, 0.4) is 0 Å². The summed E-state index contributed by atoms with van der Waals surface area (Å²) in [7, 11) is 0. The lowest BCUT2D eigenvalue weighted by atomic mass is 10.1. The summed E-state index contributed by atoms with van der Waals surface area (Å²) in [6.45, 7) is 0. The smallest absolute Gasteiger partial charge is 0.360 e. The molecule has 0 spiro atoms. The minimum Gasteiger partial charge on any atom is -0.412 e. The molecule has 0 fully saturated rings. The van der Waals surface area contributed by atoms with Crippen LogP contribution in [-0.4, -0.2) is 5.48 Å². The third kappa shape index (κ3) is 2.17. The molecule has 0 unspecified atom stereocenters. The van der Waals surface area contributed by atoms with Gasteiger partial charge in [0, 0.05) is 12.1 Å². The van der Waals surface area contributed by atoms with Gasteiger partial charge in [-0.25, -0.2) is 4.42 Å². The summed E-state index contributed by atoms with van der Waals surface area (Å²) in [6.07, 6.45) is 0. The number of hydrogen-bond donors (Lipinski definition) is 0. The average Bonchev–Trinajstić information content (AvgIpc) is 2.39. The molecule has 0 saturated carbocycles. The maximum Gasteiger partial charge on any atom is 0.360 e. The second-order valence-corrected chi connectivity index (χ2v) is 3.70. The summed E-state index contributed by atoms with van der Waals surface area (Å²) < 4.78 is 5.85. The third-order valence-electron chi connectivity index (χ3n) is 2.61. The molecular weight excluding hydrogens is 212 g/mol. The highest BCUT2D eigenvalue weighted by atomic mass is 16.3. The van der Waals surface area contributed by atoms with Gasteiger partial charge in [-0.15, -0.1) is 0 Å². The Morgan fingerprint density at radius 3 is 2.18 bits per heavy atom. The molecule has 0 aliphatic carbocycles. The highest BCUT2D eigenvalue weighted by Gasteiger charge is 2.12. The molecule has 0 amide bonds. The molecule has 0 aliphatic heterocycles. The number of para-hydroxylation sites is 1. The highest BCUT2D eigenvalue weighted by molar-refractivity contribution is 5.78. The fourth-order valence-corrected chi connectivity index (χ4v) is 1.79. The van der Waals surface area contributed by atoms with Crippen molar-refractivity contribution in [2.45, 2.75) is 0 Å². The number of hydrogen-bond acceptors (Lipinski definition) is 0. The first-order chi connectivity index (χ1) is 7.93. The Bertz CT molecular complexity index is 618. The summed E-state index contributed by atoms with van der Waals surface area (Å²) >= 11 is 0. The SMILES string of the molecule is O.c1ccc(-c2ccc3ccccc3[o+]2)cc1.